The van der Waals surface area contributed by atoms with Gasteiger partial charge in [0, 0.05) is 25.6 Å². The van der Waals surface area contributed by atoms with Gasteiger partial charge in [0.2, 0.25) is 0 Å². The van der Waals surface area contributed by atoms with Crippen LogP contribution >= 0.6 is 0 Å². The van der Waals surface area contributed by atoms with Crippen molar-refractivity contribution in [1.29, 1.82) is 0 Å². The maximum atomic E-state index is 12.3. The molecule has 1 atom stereocenters. The maximum absolute atomic E-state index is 12.3. The van der Waals surface area contributed by atoms with Crippen molar-refractivity contribution in [2.24, 2.45) is 13.0 Å². The molecule has 5 nitrogen and oxygen atoms in total. The Kier molecular flexibility index (Phi) is 6.40. The third-order valence-electron chi connectivity index (χ3n) is 3.67. The molecule has 1 aromatic heterocycles. The summed E-state index contributed by atoms with van der Waals surface area (Å²) >= 11 is 0. The van der Waals surface area contributed by atoms with E-state index in [0.29, 0.717) is 18.2 Å². The van der Waals surface area contributed by atoms with Crippen LogP contribution in [0.3, 0.4) is 0 Å². The highest BCUT2D eigenvalue weighted by atomic mass is 16.3. The molecular formula is C16H29N3O2. The highest BCUT2D eigenvalue weighted by molar-refractivity contribution is 5.92. The van der Waals surface area contributed by atoms with E-state index in [0.717, 1.165) is 25.0 Å². The molecule has 21 heavy (non-hydrogen) atoms. The Bertz CT molecular complexity index is 455. The first-order valence-corrected chi connectivity index (χ1v) is 7.73. The fraction of sp³-hybridized carbons (Fsp3) is 0.750. The number of nitrogens with zero attached hydrogens (tertiary/aromatic N) is 2. The average Bonchev–Trinajstić information content (AvgIpc) is 2.78. The summed E-state index contributed by atoms with van der Waals surface area (Å²) in [6, 6.07) is 1.86. The largest absolute Gasteiger partial charge is 0.396 e. The van der Waals surface area contributed by atoms with Crippen molar-refractivity contribution in [3.05, 3.63) is 17.5 Å². The van der Waals surface area contributed by atoms with Crippen molar-refractivity contribution < 1.29 is 9.90 Å². The number of carbonyl (C=O) groups excluding carboxylic acids is 1. The zero-order chi connectivity index (χ0) is 16.0. The summed E-state index contributed by atoms with van der Waals surface area (Å²) in [5.41, 5.74) is 1.42. The Balaban J connectivity index is 2.69. The van der Waals surface area contributed by atoms with E-state index in [1.54, 1.807) is 11.7 Å². The van der Waals surface area contributed by atoms with E-state index in [1.807, 2.05) is 6.07 Å². The zero-order valence-electron chi connectivity index (χ0n) is 13.9. The van der Waals surface area contributed by atoms with Gasteiger partial charge in [-0.1, -0.05) is 34.1 Å². The smallest absolute Gasteiger partial charge is 0.269 e. The van der Waals surface area contributed by atoms with Crippen LogP contribution in [-0.2, 0) is 12.5 Å². The number of hydrogen-bond acceptors (Lipinski definition) is 3. The summed E-state index contributed by atoms with van der Waals surface area (Å²) in [4.78, 5) is 12.3. The highest BCUT2D eigenvalue weighted by Gasteiger charge is 2.22. The monoisotopic (exact) mass is 295 g/mol. The van der Waals surface area contributed by atoms with Crippen molar-refractivity contribution in [2.45, 2.75) is 52.4 Å². The minimum atomic E-state index is -0.0976. The second-order valence-corrected chi connectivity index (χ2v) is 6.67. The van der Waals surface area contributed by atoms with Crippen molar-refractivity contribution >= 4 is 5.91 Å². The van der Waals surface area contributed by atoms with Crippen molar-refractivity contribution in [3.63, 3.8) is 0 Å². The molecule has 120 valence electrons. The van der Waals surface area contributed by atoms with Gasteiger partial charge in [-0.25, -0.2) is 0 Å². The Morgan fingerprint density at radius 3 is 2.57 bits per heavy atom. The fourth-order valence-corrected chi connectivity index (χ4v) is 2.31. The molecule has 2 N–H and O–H groups in total. The molecule has 1 aromatic rings. The molecule has 1 heterocycles. The molecule has 1 rings (SSSR count). The number of hydrogen-bond donors (Lipinski definition) is 2. The van der Waals surface area contributed by atoms with Crippen molar-refractivity contribution in [1.82, 2.24) is 15.1 Å². The molecule has 0 aliphatic heterocycles. The number of aromatic nitrogens is 2. The number of aryl methyl sites for hydroxylation is 1. The fourth-order valence-electron chi connectivity index (χ4n) is 2.31. The van der Waals surface area contributed by atoms with Crippen LogP contribution in [0.1, 0.15) is 63.1 Å². The summed E-state index contributed by atoms with van der Waals surface area (Å²) in [5, 5.41) is 16.4. The highest BCUT2D eigenvalue weighted by Crippen LogP contribution is 2.21. The van der Waals surface area contributed by atoms with E-state index < -0.39 is 0 Å². The molecule has 0 aliphatic rings. The second kappa shape index (κ2) is 7.59. The maximum Gasteiger partial charge on any atom is 0.269 e. The van der Waals surface area contributed by atoms with Gasteiger partial charge in [-0.05, 0) is 24.8 Å². The average molecular weight is 295 g/mol. The van der Waals surface area contributed by atoms with E-state index >= 15 is 0 Å². The van der Waals surface area contributed by atoms with Gasteiger partial charge >= 0.3 is 0 Å². The lowest BCUT2D eigenvalue weighted by Gasteiger charge is -2.15. The number of nitrogens with one attached hydrogen (secondary N) is 1. The number of rotatable bonds is 7. The third-order valence-corrected chi connectivity index (χ3v) is 3.67. The molecule has 0 spiro atoms. The van der Waals surface area contributed by atoms with Crippen LogP contribution in [0.5, 0.6) is 0 Å². The minimum Gasteiger partial charge on any atom is -0.396 e. The van der Waals surface area contributed by atoms with Gasteiger partial charge < -0.3 is 10.4 Å². The molecular weight excluding hydrogens is 266 g/mol. The molecule has 5 heteroatoms. The second-order valence-electron chi connectivity index (χ2n) is 6.67. The first kappa shape index (κ1) is 17.7. The first-order valence-electron chi connectivity index (χ1n) is 7.73. The van der Waals surface area contributed by atoms with E-state index in [-0.39, 0.29) is 17.9 Å². The van der Waals surface area contributed by atoms with Crippen LogP contribution in [-0.4, -0.2) is 33.9 Å². The number of carbonyl (C=O) groups is 1. The molecule has 0 saturated carbocycles. The van der Waals surface area contributed by atoms with Gasteiger partial charge in [-0.3, -0.25) is 9.48 Å². The van der Waals surface area contributed by atoms with Crippen LogP contribution in [0, 0.1) is 5.92 Å². The quantitative estimate of drug-likeness (QED) is 0.810. The number of aliphatic hydroxyl groups excluding tert-OH is 1. The van der Waals surface area contributed by atoms with Gasteiger partial charge in [-0.2, -0.15) is 5.10 Å². The van der Waals surface area contributed by atoms with Crippen LogP contribution in [0.4, 0.5) is 0 Å². The summed E-state index contributed by atoms with van der Waals surface area (Å²) in [5.74, 6) is 0.235. The predicted octanol–water partition coefficient (Wildman–Crippen LogP) is 2.25. The first-order chi connectivity index (χ1) is 9.79. The number of aliphatic hydroxyl groups is 1. The lowest BCUT2D eigenvalue weighted by molar-refractivity contribution is 0.0933. The van der Waals surface area contributed by atoms with Gasteiger partial charge in [0.25, 0.3) is 5.91 Å². The Morgan fingerprint density at radius 2 is 2.10 bits per heavy atom. The van der Waals surface area contributed by atoms with E-state index in [1.165, 1.54) is 0 Å². The van der Waals surface area contributed by atoms with Gasteiger partial charge in [0.1, 0.15) is 5.69 Å². The lowest BCUT2D eigenvalue weighted by atomic mass is 9.92. The molecule has 0 saturated heterocycles. The van der Waals surface area contributed by atoms with Crippen LogP contribution in [0.15, 0.2) is 6.07 Å². The Morgan fingerprint density at radius 1 is 1.43 bits per heavy atom. The molecule has 1 amide bonds. The van der Waals surface area contributed by atoms with E-state index in [9.17, 15) is 4.79 Å². The normalized spacial score (nSPS) is 13.2. The summed E-state index contributed by atoms with van der Waals surface area (Å²) in [6.45, 7) is 9.12. The van der Waals surface area contributed by atoms with Crippen LogP contribution in [0.2, 0.25) is 0 Å². The van der Waals surface area contributed by atoms with Crippen molar-refractivity contribution in [3.8, 4) is 0 Å². The van der Waals surface area contributed by atoms with Crippen LogP contribution < -0.4 is 5.32 Å². The van der Waals surface area contributed by atoms with Gasteiger partial charge in [-0.15, -0.1) is 0 Å². The Labute approximate surface area is 127 Å². The SMILES string of the molecule is CCCC(CCO)CNC(=O)c1cc(C(C)(C)C)nn1C. The standard InChI is InChI=1S/C16H29N3O2/c1-6-7-12(8-9-20)11-17-15(21)13-10-14(16(2,3)4)18-19(13)5/h10,12,20H,6-9,11H2,1-5H3,(H,17,21). The molecule has 0 fully saturated rings. The van der Waals surface area contributed by atoms with Gasteiger partial charge in [0.05, 0.1) is 5.69 Å². The molecule has 0 radical (unpaired) electrons. The summed E-state index contributed by atoms with van der Waals surface area (Å²) in [6.07, 6.45) is 2.80. The van der Waals surface area contributed by atoms with Crippen molar-refractivity contribution in [2.75, 3.05) is 13.2 Å². The zero-order valence-corrected chi connectivity index (χ0v) is 13.9. The molecule has 0 aromatic carbocycles. The topological polar surface area (TPSA) is 67.2 Å². The minimum absolute atomic E-state index is 0.0715. The van der Waals surface area contributed by atoms with Crippen LogP contribution in [0.25, 0.3) is 0 Å². The molecule has 1 unspecified atom stereocenters. The molecule has 0 bridgehead atoms. The summed E-state index contributed by atoms with van der Waals surface area (Å²) < 4.78 is 1.64. The number of amides is 1. The lowest BCUT2D eigenvalue weighted by Crippen LogP contribution is -2.31. The summed E-state index contributed by atoms with van der Waals surface area (Å²) in [7, 11) is 1.79. The predicted molar refractivity (Wildman–Crippen MR) is 84.3 cm³/mol. The third kappa shape index (κ3) is 5.16. The van der Waals surface area contributed by atoms with E-state index in [2.05, 4.69) is 38.1 Å². The Hall–Kier alpha value is -1.36. The molecule has 0 aliphatic carbocycles. The van der Waals surface area contributed by atoms with Gasteiger partial charge in [0.15, 0.2) is 0 Å². The van der Waals surface area contributed by atoms with E-state index in [4.69, 9.17) is 5.11 Å².